The van der Waals surface area contributed by atoms with E-state index < -0.39 is 100 Å². The van der Waals surface area contributed by atoms with Gasteiger partial charge in [-0.15, -0.1) is 0 Å². The summed E-state index contributed by atoms with van der Waals surface area (Å²) in [5.74, 6) is -5.33. The largest absolute Gasteiger partial charge is 0.462 e. The second kappa shape index (κ2) is 6.35. The van der Waals surface area contributed by atoms with Gasteiger partial charge in [-0.1, -0.05) is 27.7 Å². The Labute approximate surface area is 201 Å². The van der Waals surface area contributed by atoms with Gasteiger partial charge in [-0.3, -0.25) is 14.4 Å². The molecule has 4 saturated heterocycles. The molecule has 6 fully saturated rings. The molecule has 35 heavy (non-hydrogen) atoms. The van der Waals surface area contributed by atoms with E-state index in [1.165, 1.54) is 13.8 Å². The molecule has 2 aliphatic carbocycles. The van der Waals surface area contributed by atoms with E-state index in [1.807, 2.05) is 20.8 Å². The van der Waals surface area contributed by atoms with Crippen LogP contribution in [0.4, 0.5) is 0 Å². The summed E-state index contributed by atoms with van der Waals surface area (Å²) in [5.41, 5.74) is -5.09. The quantitative estimate of drug-likeness (QED) is 0.396. The molecule has 11 atom stereocenters. The Morgan fingerprint density at radius 1 is 0.971 bits per heavy atom. The highest BCUT2D eigenvalue weighted by Crippen LogP contribution is 2.84. The molecule has 0 bridgehead atoms. The van der Waals surface area contributed by atoms with Gasteiger partial charge in [-0.2, -0.15) is 0 Å². The first-order chi connectivity index (χ1) is 16.2. The summed E-state index contributed by atoms with van der Waals surface area (Å²) in [6.07, 6.45) is -5.27. The van der Waals surface area contributed by atoms with Gasteiger partial charge >= 0.3 is 29.8 Å². The summed E-state index contributed by atoms with van der Waals surface area (Å²) in [6.45, 7) is 9.83. The van der Waals surface area contributed by atoms with Crippen LogP contribution in [0.3, 0.4) is 0 Å². The topological polar surface area (TPSA) is 141 Å². The van der Waals surface area contributed by atoms with Crippen LogP contribution < -0.4 is 0 Å². The minimum atomic E-state index is -1.70. The SMILES string of the molecule is CC(=O)O[C@H]1[C@H]2OC(=O)[C@]34O[C@H]5OC(=O)[C@H](OC(C)=O)[C@]5([C@@H]1C(C)(C)C)[C@]23C[C@@H]1OC(=O)[C@@H](C)[C@@H]14. The van der Waals surface area contributed by atoms with E-state index >= 15 is 0 Å². The molecule has 190 valence electrons. The fraction of sp³-hybridized carbons (Fsp3) is 0.792. The number of carbonyl (C=O) groups is 5. The number of rotatable bonds is 2. The first kappa shape index (κ1) is 22.8. The molecule has 11 heteroatoms. The van der Waals surface area contributed by atoms with Crippen LogP contribution in [0.2, 0.25) is 0 Å². The Bertz CT molecular complexity index is 1090. The lowest BCUT2D eigenvalue weighted by Gasteiger charge is -2.46. The minimum Gasteiger partial charge on any atom is -0.462 e. The first-order valence-electron chi connectivity index (χ1n) is 11.9. The monoisotopic (exact) mass is 492 g/mol. The lowest BCUT2D eigenvalue weighted by Crippen LogP contribution is -2.60. The number of hydrogen-bond donors (Lipinski definition) is 0. The van der Waals surface area contributed by atoms with Crippen LogP contribution in [-0.4, -0.2) is 66.2 Å². The molecule has 6 aliphatic rings. The van der Waals surface area contributed by atoms with Crippen molar-refractivity contribution in [3.63, 3.8) is 0 Å². The molecule has 4 heterocycles. The van der Waals surface area contributed by atoms with Gasteiger partial charge < -0.3 is 28.4 Å². The highest BCUT2D eigenvalue weighted by molar-refractivity contribution is 5.92. The molecule has 0 unspecified atom stereocenters. The minimum absolute atomic E-state index is 0.111. The number of hydrogen-bond acceptors (Lipinski definition) is 11. The lowest BCUT2D eigenvalue weighted by atomic mass is 9.52. The van der Waals surface area contributed by atoms with Gasteiger partial charge in [0.05, 0.1) is 11.3 Å². The van der Waals surface area contributed by atoms with E-state index in [4.69, 9.17) is 28.4 Å². The maximum atomic E-state index is 13.8. The van der Waals surface area contributed by atoms with Crippen LogP contribution in [0.5, 0.6) is 0 Å². The molecule has 0 radical (unpaired) electrons. The summed E-state index contributed by atoms with van der Waals surface area (Å²) in [5, 5.41) is 0. The first-order valence-corrected chi connectivity index (χ1v) is 11.9. The zero-order valence-corrected chi connectivity index (χ0v) is 20.3. The molecule has 0 aromatic carbocycles. The second-order valence-electron chi connectivity index (χ2n) is 11.8. The molecule has 11 nitrogen and oxygen atoms in total. The normalized spacial score (nSPS) is 50.6. The van der Waals surface area contributed by atoms with Crippen molar-refractivity contribution in [2.75, 3.05) is 0 Å². The Kier molecular flexibility index (Phi) is 4.13. The highest BCUT2D eigenvalue weighted by atomic mass is 16.8. The van der Waals surface area contributed by atoms with Crippen molar-refractivity contribution in [3.8, 4) is 0 Å². The summed E-state index contributed by atoms with van der Waals surface area (Å²) in [7, 11) is 0. The van der Waals surface area contributed by atoms with Crippen LogP contribution in [0.25, 0.3) is 0 Å². The molecule has 0 aromatic rings. The maximum Gasteiger partial charge on any atom is 0.350 e. The third-order valence-electron chi connectivity index (χ3n) is 9.24. The van der Waals surface area contributed by atoms with Crippen LogP contribution in [0, 0.1) is 34.0 Å². The molecule has 0 amide bonds. The second-order valence-corrected chi connectivity index (χ2v) is 11.8. The van der Waals surface area contributed by atoms with Gasteiger partial charge in [0.15, 0.2) is 5.60 Å². The smallest absolute Gasteiger partial charge is 0.350 e. The van der Waals surface area contributed by atoms with Gasteiger partial charge in [0, 0.05) is 25.7 Å². The fourth-order valence-corrected chi connectivity index (χ4v) is 8.81. The number of carbonyl (C=O) groups excluding carboxylic acids is 5. The predicted octanol–water partition coefficient (Wildman–Crippen LogP) is 0.657. The van der Waals surface area contributed by atoms with Crippen molar-refractivity contribution in [2.24, 2.45) is 34.0 Å². The van der Waals surface area contributed by atoms with E-state index in [0.717, 1.165) is 0 Å². The van der Waals surface area contributed by atoms with Gasteiger partial charge in [0.1, 0.15) is 23.7 Å². The number of esters is 5. The summed E-state index contributed by atoms with van der Waals surface area (Å²) in [4.78, 5) is 64.0. The van der Waals surface area contributed by atoms with Crippen LogP contribution in [0.15, 0.2) is 0 Å². The predicted molar refractivity (Wildman–Crippen MR) is 110 cm³/mol. The van der Waals surface area contributed by atoms with Crippen LogP contribution in [-0.2, 0) is 52.4 Å². The molecule has 2 spiro atoms. The zero-order valence-electron chi connectivity index (χ0n) is 20.3. The van der Waals surface area contributed by atoms with E-state index in [2.05, 4.69) is 0 Å². The molecule has 0 aromatic heterocycles. The van der Waals surface area contributed by atoms with Gasteiger partial charge in [-0.05, 0) is 11.8 Å². The Hall–Kier alpha value is -2.69. The molecule has 0 N–H and O–H groups in total. The van der Waals surface area contributed by atoms with Crippen molar-refractivity contribution in [3.05, 3.63) is 0 Å². The standard InChI is InChI=1S/C24H28O11/c1-8-12-11(32-17(8)27)7-22-15-13(30-9(2)25)14(21(4,5)6)23(22)16(31-10(3)26)18(28)34-20(23)35-24(12,22)19(29)33-15/h8,11-16,20H,7H2,1-6H3/t8-,11-,12-,13+,14-,15+,16-,20+,22-,23-,24-/m0/s1. The van der Waals surface area contributed by atoms with E-state index in [9.17, 15) is 24.0 Å². The molecular formula is C24H28O11. The Morgan fingerprint density at radius 2 is 1.63 bits per heavy atom. The Morgan fingerprint density at radius 3 is 2.23 bits per heavy atom. The maximum absolute atomic E-state index is 13.8. The third-order valence-corrected chi connectivity index (χ3v) is 9.24. The van der Waals surface area contributed by atoms with Gasteiger partial charge in [0.25, 0.3) is 0 Å². The lowest BCUT2D eigenvalue weighted by molar-refractivity contribution is -0.208. The van der Waals surface area contributed by atoms with E-state index in [-0.39, 0.29) is 6.42 Å². The average molecular weight is 492 g/mol. The Balaban J connectivity index is 1.68. The molecular weight excluding hydrogens is 464 g/mol. The molecule has 2 saturated carbocycles. The van der Waals surface area contributed by atoms with Crippen molar-refractivity contribution in [1.29, 1.82) is 0 Å². The van der Waals surface area contributed by atoms with Crippen LogP contribution in [0.1, 0.15) is 48.0 Å². The average Bonchev–Trinajstić information content (AvgIpc) is 3.42. The van der Waals surface area contributed by atoms with Gasteiger partial charge in [0.2, 0.25) is 12.4 Å². The third kappa shape index (κ3) is 2.17. The highest BCUT2D eigenvalue weighted by Gasteiger charge is 3.00. The van der Waals surface area contributed by atoms with Crippen molar-refractivity contribution in [2.45, 2.75) is 84.3 Å². The van der Waals surface area contributed by atoms with E-state index in [0.29, 0.717) is 0 Å². The zero-order chi connectivity index (χ0) is 25.5. The molecule has 4 aliphatic heterocycles. The van der Waals surface area contributed by atoms with E-state index in [1.54, 1.807) is 6.92 Å². The summed E-state index contributed by atoms with van der Waals surface area (Å²) < 4.78 is 35.3. The van der Waals surface area contributed by atoms with Crippen molar-refractivity contribution in [1.82, 2.24) is 0 Å². The van der Waals surface area contributed by atoms with Crippen LogP contribution >= 0.6 is 0 Å². The van der Waals surface area contributed by atoms with Gasteiger partial charge in [-0.25, -0.2) is 9.59 Å². The van der Waals surface area contributed by atoms with Crippen molar-refractivity contribution < 1.29 is 52.4 Å². The number of fused-ring (bicyclic) bond motifs is 1. The summed E-state index contributed by atoms with van der Waals surface area (Å²) in [6, 6.07) is 0. The fourth-order valence-electron chi connectivity index (χ4n) is 8.81. The summed E-state index contributed by atoms with van der Waals surface area (Å²) >= 11 is 0. The molecule has 6 rings (SSSR count). The van der Waals surface area contributed by atoms with Crippen molar-refractivity contribution >= 4 is 29.8 Å². The number of ether oxygens (including phenoxy) is 6.